The van der Waals surface area contributed by atoms with Crippen LogP contribution in [0.1, 0.15) is 36.5 Å². The molecule has 0 N–H and O–H groups in total. The van der Waals surface area contributed by atoms with Crippen LogP contribution in [0.5, 0.6) is 5.75 Å². The van der Waals surface area contributed by atoms with E-state index in [0.29, 0.717) is 12.5 Å². The van der Waals surface area contributed by atoms with E-state index in [1.165, 1.54) is 12.7 Å². The molecule has 0 aliphatic carbocycles. The maximum Gasteiger partial charge on any atom is 0.310 e. The van der Waals surface area contributed by atoms with Crippen LogP contribution in [-0.2, 0) is 22.6 Å². The van der Waals surface area contributed by atoms with Crippen LogP contribution in [0.3, 0.4) is 0 Å². The second kappa shape index (κ2) is 7.64. The van der Waals surface area contributed by atoms with Gasteiger partial charge in [0, 0.05) is 5.56 Å². The zero-order valence-corrected chi connectivity index (χ0v) is 13.3. The van der Waals surface area contributed by atoms with Gasteiger partial charge in [-0.15, -0.1) is 0 Å². The molecule has 0 aromatic heterocycles. The van der Waals surface area contributed by atoms with E-state index >= 15 is 0 Å². The Labute approximate surface area is 131 Å². The molecule has 3 nitrogen and oxygen atoms in total. The van der Waals surface area contributed by atoms with Crippen molar-refractivity contribution >= 4 is 5.97 Å². The van der Waals surface area contributed by atoms with E-state index in [1.54, 1.807) is 0 Å². The third kappa shape index (κ3) is 4.35. The normalized spacial score (nSPS) is 10.5. The van der Waals surface area contributed by atoms with Crippen molar-refractivity contribution in [1.82, 2.24) is 0 Å². The molecule has 0 bridgehead atoms. The van der Waals surface area contributed by atoms with E-state index in [2.05, 4.69) is 13.8 Å². The van der Waals surface area contributed by atoms with Crippen LogP contribution in [-0.4, -0.2) is 13.1 Å². The Morgan fingerprint density at radius 2 is 1.82 bits per heavy atom. The topological polar surface area (TPSA) is 35.5 Å². The lowest BCUT2D eigenvalue weighted by atomic mass is 10.00. The van der Waals surface area contributed by atoms with Crippen LogP contribution in [0.15, 0.2) is 48.5 Å². The van der Waals surface area contributed by atoms with E-state index in [0.717, 1.165) is 16.9 Å². The number of hydrogen-bond acceptors (Lipinski definition) is 3. The minimum Gasteiger partial charge on any atom is -0.489 e. The standard InChI is InChI=1S/C19H22O3/c1-14(2)16-9-10-17(12-19(20)21-3)18(11-16)22-13-15-7-5-4-6-8-15/h4-11,14H,12-13H2,1-3H3. The van der Waals surface area contributed by atoms with Gasteiger partial charge >= 0.3 is 5.97 Å². The van der Waals surface area contributed by atoms with Crippen LogP contribution in [0, 0.1) is 0 Å². The molecule has 2 aromatic carbocycles. The Hall–Kier alpha value is -2.29. The fourth-order valence-corrected chi connectivity index (χ4v) is 2.17. The smallest absolute Gasteiger partial charge is 0.310 e. The highest BCUT2D eigenvalue weighted by Gasteiger charge is 2.12. The van der Waals surface area contributed by atoms with Crippen molar-refractivity contribution < 1.29 is 14.3 Å². The van der Waals surface area contributed by atoms with Gasteiger partial charge in [0.2, 0.25) is 0 Å². The largest absolute Gasteiger partial charge is 0.489 e. The summed E-state index contributed by atoms with van der Waals surface area (Å²) >= 11 is 0. The number of rotatable bonds is 6. The third-order valence-electron chi connectivity index (χ3n) is 3.56. The summed E-state index contributed by atoms with van der Waals surface area (Å²) in [5, 5.41) is 0. The highest BCUT2D eigenvalue weighted by atomic mass is 16.5. The monoisotopic (exact) mass is 298 g/mol. The van der Waals surface area contributed by atoms with Crippen molar-refractivity contribution in [2.24, 2.45) is 0 Å². The van der Waals surface area contributed by atoms with Crippen molar-refractivity contribution in [2.75, 3.05) is 7.11 Å². The summed E-state index contributed by atoms with van der Waals surface area (Å²) in [7, 11) is 1.40. The van der Waals surface area contributed by atoms with Crippen molar-refractivity contribution in [3.63, 3.8) is 0 Å². The van der Waals surface area contributed by atoms with Crippen LogP contribution in [0.25, 0.3) is 0 Å². The Balaban J connectivity index is 2.20. The summed E-state index contributed by atoms with van der Waals surface area (Å²) in [4.78, 5) is 11.5. The highest BCUT2D eigenvalue weighted by molar-refractivity contribution is 5.73. The molecule has 0 atom stereocenters. The molecular weight excluding hydrogens is 276 g/mol. The van der Waals surface area contributed by atoms with Crippen molar-refractivity contribution in [1.29, 1.82) is 0 Å². The molecule has 0 amide bonds. The molecule has 0 saturated carbocycles. The first-order valence-corrected chi connectivity index (χ1v) is 7.46. The summed E-state index contributed by atoms with van der Waals surface area (Å²) < 4.78 is 10.7. The molecule has 0 heterocycles. The molecule has 0 spiro atoms. The van der Waals surface area contributed by atoms with Gasteiger partial charge in [-0.25, -0.2) is 0 Å². The molecule has 0 fully saturated rings. The summed E-state index contributed by atoms with van der Waals surface area (Å²) in [6.45, 7) is 4.75. The highest BCUT2D eigenvalue weighted by Crippen LogP contribution is 2.26. The Kier molecular flexibility index (Phi) is 5.59. The van der Waals surface area contributed by atoms with E-state index < -0.39 is 0 Å². The SMILES string of the molecule is COC(=O)Cc1ccc(C(C)C)cc1OCc1ccccc1. The fraction of sp³-hybridized carbons (Fsp3) is 0.316. The van der Waals surface area contributed by atoms with Crippen LogP contribution in [0.4, 0.5) is 0 Å². The van der Waals surface area contributed by atoms with Gasteiger partial charge in [-0.3, -0.25) is 4.79 Å². The lowest BCUT2D eigenvalue weighted by Crippen LogP contribution is -2.07. The first-order chi connectivity index (χ1) is 10.6. The number of hydrogen-bond donors (Lipinski definition) is 0. The second-order valence-corrected chi connectivity index (χ2v) is 5.55. The van der Waals surface area contributed by atoms with Gasteiger partial charge in [-0.1, -0.05) is 56.3 Å². The zero-order chi connectivity index (χ0) is 15.9. The Morgan fingerprint density at radius 3 is 2.45 bits per heavy atom. The van der Waals surface area contributed by atoms with Crippen LogP contribution in [0.2, 0.25) is 0 Å². The summed E-state index contributed by atoms with van der Waals surface area (Å²) in [6.07, 6.45) is 0.221. The first-order valence-electron chi connectivity index (χ1n) is 7.46. The number of ether oxygens (including phenoxy) is 2. The fourth-order valence-electron chi connectivity index (χ4n) is 2.17. The van der Waals surface area contributed by atoms with Gasteiger partial charge in [0.25, 0.3) is 0 Å². The maximum atomic E-state index is 11.5. The van der Waals surface area contributed by atoms with Gasteiger partial charge in [-0.05, 0) is 23.1 Å². The van der Waals surface area contributed by atoms with Crippen LogP contribution < -0.4 is 4.74 Å². The molecule has 0 aliphatic rings. The van der Waals surface area contributed by atoms with Gasteiger partial charge in [-0.2, -0.15) is 0 Å². The van der Waals surface area contributed by atoms with Crippen LogP contribution >= 0.6 is 0 Å². The summed E-state index contributed by atoms with van der Waals surface area (Å²) in [5.41, 5.74) is 3.14. The Morgan fingerprint density at radius 1 is 1.09 bits per heavy atom. The third-order valence-corrected chi connectivity index (χ3v) is 3.56. The molecule has 0 aliphatic heterocycles. The minimum atomic E-state index is -0.262. The first kappa shape index (κ1) is 16.1. The molecule has 0 saturated heterocycles. The van der Waals surface area contributed by atoms with E-state index in [-0.39, 0.29) is 12.4 Å². The molecular formula is C19H22O3. The summed E-state index contributed by atoms with van der Waals surface area (Å²) in [5.74, 6) is 0.897. The van der Waals surface area contributed by atoms with Crippen molar-refractivity contribution in [3.8, 4) is 5.75 Å². The van der Waals surface area contributed by atoms with E-state index in [9.17, 15) is 4.79 Å². The zero-order valence-electron chi connectivity index (χ0n) is 13.3. The second-order valence-electron chi connectivity index (χ2n) is 5.55. The molecule has 3 heteroatoms. The molecule has 22 heavy (non-hydrogen) atoms. The van der Waals surface area contributed by atoms with Crippen molar-refractivity contribution in [3.05, 3.63) is 65.2 Å². The quantitative estimate of drug-likeness (QED) is 0.753. The lowest BCUT2D eigenvalue weighted by molar-refractivity contribution is -0.139. The predicted octanol–water partition coefficient (Wildman–Crippen LogP) is 4.10. The number of esters is 1. The van der Waals surface area contributed by atoms with Gasteiger partial charge in [0.1, 0.15) is 12.4 Å². The van der Waals surface area contributed by atoms with Gasteiger partial charge < -0.3 is 9.47 Å². The molecule has 2 aromatic rings. The summed E-state index contributed by atoms with van der Waals surface area (Å²) in [6, 6.07) is 16.0. The lowest BCUT2D eigenvalue weighted by Gasteiger charge is -2.14. The van der Waals surface area contributed by atoms with Gasteiger partial charge in [0.05, 0.1) is 13.5 Å². The average Bonchev–Trinajstić information content (AvgIpc) is 2.54. The average molecular weight is 298 g/mol. The number of carbonyl (C=O) groups excluding carboxylic acids is 1. The van der Waals surface area contributed by atoms with Gasteiger partial charge in [0.15, 0.2) is 0 Å². The maximum absolute atomic E-state index is 11.5. The molecule has 0 unspecified atom stereocenters. The molecule has 2 rings (SSSR count). The van der Waals surface area contributed by atoms with E-state index in [1.807, 2.05) is 48.5 Å². The molecule has 0 radical (unpaired) electrons. The molecule has 116 valence electrons. The predicted molar refractivity (Wildman–Crippen MR) is 87.0 cm³/mol. The minimum absolute atomic E-state index is 0.221. The Bertz CT molecular complexity index is 618. The number of benzene rings is 2. The number of methoxy groups -OCH3 is 1. The number of carbonyl (C=O) groups is 1. The van der Waals surface area contributed by atoms with Crippen molar-refractivity contribution in [2.45, 2.75) is 32.8 Å². The van der Waals surface area contributed by atoms with E-state index in [4.69, 9.17) is 9.47 Å².